The Hall–Kier alpha value is -0.760. The van der Waals surface area contributed by atoms with Gasteiger partial charge in [-0.1, -0.05) is 15.9 Å². The molecule has 0 saturated heterocycles. The number of aromatic carboxylic acids is 1. The van der Waals surface area contributed by atoms with Crippen LogP contribution in [0.5, 0.6) is 0 Å². The Morgan fingerprint density at radius 2 is 1.90 bits per heavy atom. The normalized spacial score (nSPS) is 11.0. The molecule has 0 atom stereocenters. The number of carboxylic acid groups (broad SMARTS) is 1. The number of benzene rings is 1. The SMILES string of the molecule is O=C(O)c1cc(-c2ccc(Br)s2)nc2c(Br)cc(Br)cc12. The number of fused-ring (bicyclic) bond motifs is 1. The zero-order valence-corrected chi connectivity index (χ0v) is 15.8. The van der Waals surface area contributed by atoms with Gasteiger partial charge < -0.3 is 5.11 Å². The van der Waals surface area contributed by atoms with Crippen molar-refractivity contribution in [1.29, 1.82) is 0 Å². The Morgan fingerprint density at radius 3 is 2.52 bits per heavy atom. The molecule has 3 aromatic rings. The van der Waals surface area contributed by atoms with Gasteiger partial charge in [-0.25, -0.2) is 9.78 Å². The average molecular weight is 492 g/mol. The Kier molecular flexibility index (Phi) is 4.18. The summed E-state index contributed by atoms with van der Waals surface area (Å²) in [4.78, 5) is 17.1. The molecule has 1 N–H and O–H groups in total. The number of hydrogen-bond acceptors (Lipinski definition) is 3. The molecule has 7 heteroatoms. The third-order valence-electron chi connectivity index (χ3n) is 2.89. The van der Waals surface area contributed by atoms with E-state index in [0.29, 0.717) is 16.6 Å². The van der Waals surface area contributed by atoms with Crippen LogP contribution in [0.2, 0.25) is 0 Å². The predicted octanol–water partition coefficient (Wildman–Crippen LogP) is 5.95. The van der Waals surface area contributed by atoms with Crippen LogP contribution < -0.4 is 0 Å². The second kappa shape index (κ2) is 5.79. The average Bonchev–Trinajstić information content (AvgIpc) is 2.84. The van der Waals surface area contributed by atoms with E-state index >= 15 is 0 Å². The smallest absolute Gasteiger partial charge is 0.336 e. The topological polar surface area (TPSA) is 50.2 Å². The molecule has 0 fully saturated rings. The molecule has 106 valence electrons. The lowest BCUT2D eigenvalue weighted by Crippen LogP contribution is -2.00. The molecule has 0 saturated carbocycles. The first kappa shape index (κ1) is 15.1. The number of thiophene rings is 1. The summed E-state index contributed by atoms with van der Waals surface area (Å²) >= 11 is 11.8. The van der Waals surface area contributed by atoms with E-state index in [-0.39, 0.29) is 5.56 Å². The van der Waals surface area contributed by atoms with Crippen molar-refractivity contribution in [3.63, 3.8) is 0 Å². The number of rotatable bonds is 2. The van der Waals surface area contributed by atoms with Gasteiger partial charge in [0.25, 0.3) is 0 Å². The van der Waals surface area contributed by atoms with Crippen LogP contribution >= 0.6 is 59.1 Å². The minimum absolute atomic E-state index is 0.238. The molecule has 0 aliphatic heterocycles. The fourth-order valence-electron chi connectivity index (χ4n) is 2.01. The van der Waals surface area contributed by atoms with Crippen LogP contribution in [0, 0.1) is 0 Å². The zero-order valence-electron chi connectivity index (χ0n) is 10.2. The summed E-state index contributed by atoms with van der Waals surface area (Å²) in [5.41, 5.74) is 1.53. The quantitative estimate of drug-likeness (QED) is 0.482. The second-order valence-electron chi connectivity index (χ2n) is 4.25. The van der Waals surface area contributed by atoms with Crippen LogP contribution in [0.1, 0.15) is 10.4 Å². The lowest BCUT2D eigenvalue weighted by molar-refractivity contribution is 0.0699. The van der Waals surface area contributed by atoms with Crippen LogP contribution in [-0.2, 0) is 0 Å². The number of carbonyl (C=O) groups is 1. The van der Waals surface area contributed by atoms with Crippen LogP contribution in [0.25, 0.3) is 21.5 Å². The van der Waals surface area contributed by atoms with Crippen LogP contribution in [0.4, 0.5) is 0 Å². The predicted molar refractivity (Wildman–Crippen MR) is 95.1 cm³/mol. The van der Waals surface area contributed by atoms with Gasteiger partial charge in [-0.05, 0) is 62.2 Å². The van der Waals surface area contributed by atoms with Gasteiger partial charge in [-0.2, -0.15) is 0 Å². The van der Waals surface area contributed by atoms with Crippen molar-refractivity contribution in [1.82, 2.24) is 4.98 Å². The minimum Gasteiger partial charge on any atom is -0.478 e. The maximum Gasteiger partial charge on any atom is 0.336 e. The first-order valence-electron chi connectivity index (χ1n) is 5.74. The molecule has 2 aromatic heterocycles. The molecule has 2 heterocycles. The van der Waals surface area contributed by atoms with E-state index in [2.05, 4.69) is 52.8 Å². The molecule has 0 amide bonds. The largest absolute Gasteiger partial charge is 0.478 e. The van der Waals surface area contributed by atoms with Crippen molar-refractivity contribution in [2.75, 3.05) is 0 Å². The van der Waals surface area contributed by atoms with Crippen molar-refractivity contribution in [3.8, 4) is 10.6 Å². The Balaban J connectivity index is 2.37. The van der Waals surface area contributed by atoms with Gasteiger partial charge in [-0.15, -0.1) is 11.3 Å². The highest BCUT2D eigenvalue weighted by Crippen LogP contribution is 2.35. The summed E-state index contributed by atoms with van der Waals surface area (Å²) in [6.45, 7) is 0. The molecular formula is C14H6Br3NO2S. The second-order valence-corrected chi connectivity index (χ2v) is 8.48. The van der Waals surface area contributed by atoms with E-state index in [1.807, 2.05) is 18.2 Å². The number of aromatic nitrogens is 1. The number of carboxylic acids is 1. The van der Waals surface area contributed by atoms with E-state index in [1.54, 1.807) is 12.1 Å². The highest BCUT2D eigenvalue weighted by Gasteiger charge is 2.16. The molecule has 0 spiro atoms. The van der Waals surface area contributed by atoms with Crippen molar-refractivity contribution in [3.05, 3.63) is 48.6 Å². The van der Waals surface area contributed by atoms with Gasteiger partial charge in [0, 0.05) is 14.3 Å². The lowest BCUT2D eigenvalue weighted by Gasteiger charge is -2.08. The van der Waals surface area contributed by atoms with E-state index in [0.717, 1.165) is 17.6 Å². The number of pyridine rings is 1. The summed E-state index contributed by atoms with van der Waals surface area (Å²) < 4.78 is 2.54. The van der Waals surface area contributed by atoms with Gasteiger partial charge in [0.2, 0.25) is 0 Å². The molecule has 3 rings (SSSR count). The van der Waals surface area contributed by atoms with Crippen molar-refractivity contribution < 1.29 is 9.90 Å². The third kappa shape index (κ3) is 2.92. The van der Waals surface area contributed by atoms with Crippen molar-refractivity contribution in [2.24, 2.45) is 0 Å². The third-order valence-corrected chi connectivity index (χ3v) is 5.60. The number of hydrogen-bond donors (Lipinski definition) is 1. The monoisotopic (exact) mass is 489 g/mol. The first-order chi connectivity index (χ1) is 9.95. The van der Waals surface area contributed by atoms with Gasteiger partial charge >= 0.3 is 5.97 Å². The van der Waals surface area contributed by atoms with E-state index in [1.165, 1.54) is 11.3 Å². The number of nitrogens with zero attached hydrogens (tertiary/aromatic N) is 1. The standard InChI is InChI=1S/C14H6Br3NO2S/c15-6-3-7-8(14(19)20)5-10(11-1-2-12(17)21-11)18-13(7)9(16)4-6/h1-5H,(H,19,20). The molecule has 0 unspecified atom stereocenters. The van der Waals surface area contributed by atoms with E-state index in [9.17, 15) is 9.90 Å². The van der Waals surface area contributed by atoms with Crippen LogP contribution in [0.3, 0.4) is 0 Å². The molecular weight excluding hydrogens is 486 g/mol. The maximum atomic E-state index is 11.6. The van der Waals surface area contributed by atoms with E-state index in [4.69, 9.17) is 0 Å². The molecule has 0 aliphatic carbocycles. The highest BCUT2D eigenvalue weighted by molar-refractivity contribution is 9.11. The van der Waals surface area contributed by atoms with Crippen molar-refractivity contribution >= 4 is 76.0 Å². The van der Waals surface area contributed by atoms with Gasteiger partial charge in [0.1, 0.15) is 0 Å². The fourth-order valence-corrected chi connectivity index (χ4v) is 4.67. The highest BCUT2D eigenvalue weighted by atomic mass is 79.9. The summed E-state index contributed by atoms with van der Waals surface area (Å²) in [5.74, 6) is -0.968. The zero-order chi connectivity index (χ0) is 15.1. The maximum absolute atomic E-state index is 11.6. The molecule has 3 nitrogen and oxygen atoms in total. The minimum atomic E-state index is -0.968. The Bertz CT molecular complexity index is 876. The van der Waals surface area contributed by atoms with Crippen LogP contribution in [-0.4, -0.2) is 16.1 Å². The summed E-state index contributed by atoms with van der Waals surface area (Å²) in [6, 6.07) is 9.08. The van der Waals surface area contributed by atoms with Gasteiger partial charge in [-0.3, -0.25) is 0 Å². The molecule has 0 aliphatic rings. The molecule has 0 bridgehead atoms. The summed E-state index contributed by atoms with van der Waals surface area (Å²) in [5, 5.41) is 10.1. The van der Waals surface area contributed by atoms with Gasteiger partial charge in [0.05, 0.1) is 25.4 Å². The fraction of sp³-hybridized carbons (Fsp3) is 0. The Morgan fingerprint density at radius 1 is 1.14 bits per heavy atom. The van der Waals surface area contributed by atoms with Crippen LogP contribution in [0.15, 0.2) is 43.1 Å². The first-order valence-corrected chi connectivity index (χ1v) is 8.94. The summed E-state index contributed by atoms with van der Waals surface area (Å²) in [7, 11) is 0. The number of halogens is 3. The Labute approximate surface area is 149 Å². The molecule has 0 radical (unpaired) electrons. The molecule has 1 aromatic carbocycles. The van der Waals surface area contributed by atoms with E-state index < -0.39 is 5.97 Å². The van der Waals surface area contributed by atoms with Gasteiger partial charge in [0.15, 0.2) is 0 Å². The molecule has 21 heavy (non-hydrogen) atoms. The lowest BCUT2D eigenvalue weighted by atomic mass is 10.1. The summed E-state index contributed by atoms with van der Waals surface area (Å²) in [6.07, 6.45) is 0. The van der Waals surface area contributed by atoms with Crippen molar-refractivity contribution in [2.45, 2.75) is 0 Å².